The first-order valence-electron chi connectivity index (χ1n) is 11.4. The quantitative estimate of drug-likeness (QED) is 0.593. The number of aliphatic hydroxyl groups is 1. The number of rotatable bonds is 8. The van der Waals surface area contributed by atoms with E-state index in [2.05, 4.69) is 69.3 Å². The van der Waals surface area contributed by atoms with Crippen LogP contribution in [0.4, 0.5) is 0 Å². The van der Waals surface area contributed by atoms with E-state index in [0.29, 0.717) is 0 Å². The van der Waals surface area contributed by atoms with Crippen molar-refractivity contribution in [2.75, 3.05) is 27.4 Å². The lowest BCUT2D eigenvalue weighted by Crippen LogP contribution is -2.69. The third kappa shape index (κ3) is 4.68. The lowest BCUT2D eigenvalue weighted by atomic mass is 10.0. The normalized spacial score (nSPS) is 28.6. The minimum atomic E-state index is -2.77. The van der Waals surface area contributed by atoms with Gasteiger partial charge in [0.15, 0.2) is 0 Å². The van der Waals surface area contributed by atoms with E-state index in [4.69, 9.17) is 23.4 Å². The Bertz CT molecular complexity index is 847. The fourth-order valence-corrected chi connectivity index (χ4v) is 9.25. The SMILES string of the molecule is CO[C@]1(C)O[C@@H](CO[Si](c2ccccc2)(c2ccccc2)C(C)(C)C)[C@@H](CO)O[C@@]1(C)OC. The summed E-state index contributed by atoms with van der Waals surface area (Å²) in [7, 11) is 0.326. The third-order valence-electron chi connectivity index (χ3n) is 6.83. The van der Waals surface area contributed by atoms with E-state index >= 15 is 0 Å². The maximum atomic E-state index is 10.1. The zero-order valence-electron chi connectivity index (χ0n) is 20.8. The van der Waals surface area contributed by atoms with Crippen molar-refractivity contribution in [2.24, 2.45) is 0 Å². The Kier molecular flexibility index (Phi) is 7.85. The predicted octanol–water partition coefficient (Wildman–Crippen LogP) is 3.06. The fourth-order valence-electron chi connectivity index (χ4n) is 4.68. The Balaban J connectivity index is 2.02. The Morgan fingerprint density at radius 3 is 1.61 bits per heavy atom. The van der Waals surface area contributed by atoms with Gasteiger partial charge in [0.2, 0.25) is 11.6 Å². The summed E-state index contributed by atoms with van der Waals surface area (Å²) in [5.74, 6) is -2.35. The summed E-state index contributed by atoms with van der Waals surface area (Å²) in [6.45, 7) is 10.2. The molecule has 0 bridgehead atoms. The number of aliphatic hydroxyl groups excluding tert-OH is 1. The van der Waals surface area contributed by atoms with Crippen molar-refractivity contribution in [1.82, 2.24) is 0 Å². The minimum Gasteiger partial charge on any atom is -0.405 e. The topological polar surface area (TPSA) is 66.4 Å². The van der Waals surface area contributed by atoms with Crippen LogP contribution < -0.4 is 10.4 Å². The summed E-state index contributed by atoms with van der Waals surface area (Å²) in [6.07, 6.45) is -1.18. The van der Waals surface area contributed by atoms with Crippen LogP contribution in [0.25, 0.3) is 0 Å². The monoisotopic (exact) mass is 474 g/mol. The number of methoxy groups -OCH3 is 2. The summed E-state index contributed by atoms with van der Waals surface area (Å²) in [6, 6.07) is 20.8. The van der Waals surface area contributed by atoms with Crippen molar-refractivity contribution in [2.45, 2.75) is 63.4 Å². The Morgan fingerprint density at radius 2 is 1.24 bits per heavy atom. The molecule has 1 saturated heterocycles. The molecule has 2 aromatic carbocycles. The molecule has 0 unspecified atom stereocenters. The molecule has 0 aromatic heterocycles. The molecule has 2 aromatic rings. The van der Waals surface area contributed by atoms with Crippen LogP contribution in [-0.4, -0.2) is 64.6 Å². The average molecular weight is 475 g/mol. The Hall–Kier alpha value is -1.58. The van der Waals surface area contributed by atoms with E-state index in [-0.39, 0.29) is 18.3 Å². The maximum absolute atomic E-state index is 10.1. The molecule has 0 spiro atoms. The van der Waals surface area contributed by atoms with Gasteiger partial charge in [0.1, 0.15) is 12.2 Å². The zero-order chi connectivity index (χ0) is 24.3. The predicted molar refractivity (Wildman–Crippen MR) is 131 cm³/mol. The number of ether oxygens (including phenoxy) is 4. The van der Waals surface area contributed by atoms with Gasteiger partial charge >= 0.3 is 0 Å². The van der Waals surface area contributed by atoms with E-state index in [1.807, 2.05) is 12.1 Å². The van der Waals surface area contributed by atoms with Crippen LogP contribution in [0.3, 0.4) is 0 Å². The second-order valence-electron chi connectivity index (χ2n) is 9.77. The molecule has 0 aliphatic carbocycles. The van der Waals surface area contributed by atoms with Gasteiger partial charge in [0.05, 0.1) is 13.2 Å². The number of hydrogen-bond donors (Lipinski definition) is 1. The molecule has 7 heteroatoms. The van der Waals surface area contributed by atoms with Gasteiger partial charge in [-0.05, 0) is 29.3 Å². The second-order valence-corrected chi connectivity index (χ2v) is 14.1. The highest BCUT2D eigenvalue weighted by Gasteiger charge is 2.57. The van der Waals surface area contributed by atoms with Gasteiger partial charge in [-0.15, -0.1) is 0 Å². The maximum Gasteiger partial charge on any atom is 0.261 e. The molecule has 33 heavy (non-hydrogen) atoms. The van der Waals surface area contributed by atoms with Crippen LogP contribution in [0.15, 0.2) is 60.7 Å². The van der Waals surface area contributed by atoms with Gasteiger partial charge in [0, 0.05) is 14.2 Å². The van der Waals surface area contributed by atoms with E-state index in [0.717, 1.165) is 0 Å². The van der Waals surface area contributed by atoms with Gasteiger partial charge in [0.25, 0.3) is 8.32 Å². The lowest BCUT2D eigenvalue weighted by Gasteiger charge is -2.52. The van der Waals surface area contributed by atoms with E-state index < -0.39 is 32.1 Å². The molecule has 0 amide bonds. The molecule has 6 nitrogen and oxygen atoms in total. The molecular weight excluding hydrogens is 436 g/mol. The van der Waals surface area contributed by atoms with Gasteiger partial charge in [-0.3, -0.25) is 0 Å². The molecule has 1 aliphatic rings. The van der Waals surface area contributed by atoms with Crippen LogP contribution in [0, 0.1) is 0 Å². The fraction of sp³-hybridized carbons (Fsp3) is 0.538. The smallest absolute Gasteiger partial charge is 0.261 e. The minimum absolute atomic E-state index is 0.175. The average Bonchev–Trinajstić information content (AvgIpc) is 2.82. The van der Waals surface area contributed by atoms with E-state index in [9.17, 15) is 5.11 Å². The summed E-state index contributed by atoms with van der Waals surface area (Å²) in [5, 5.41) is 12.3. The van der Waals surface area contributed by atoms with Gasteiger partial charge in [-0.2, -0.15) is 0 Å². The molecule has 0 radical (unpaired) electrons. The molecule has 1 N–H and O–H groups in total. The van der Waals surface area contributed by atoms with Crippen molar-refractivity contribution >= 4 is 18.7 Å². The van der Waals surface area contributed by atoms with Crippen molar-refractivity contribution in [3.63, 3.8) is 0 Å². The Morgan fingerprint density at radius 1 is 0.818 bits per heavy atom. The first kappa shape index (κ1) is 26.0. The third-order valence-corrected chi connectivity index (χ3v) is 11.8. The van der Waals surface area contributed by atoms with Crippen LogP contribution in [0.2, 0.25) is 5.04 Å². The van der Waals surface area contributed by atoms with Crippen molar-refractivity contribution < 1.29 is 28.5 Å². The molecule has 1 fully saturated rings. The van der Waals surface area contributed by atoms with Crippen LogP contribution in [-0.2, 0) is 23.4 Å². The summed E-state index contributed by atoms with van der Waals surface area (Å²) < 4.78 is 30.8. The molecule has 3 rings (SSSR count). The van der Waals surface area contributed by atoms with Crippen molar-refractivity contribution in [3.05, 3.63) is 60.7 Å². The molecule has 182 valence electrons. The van der Waals surface area contributed by atoms with Crippen LogP contribution in [0.1, 0.15) is 34.6 Å². The number of hydrogen-bond acceptors (Lipinski definition) is 6. The second kappa shape index (κ2) is 9.96. The van der Waals surface area contributed by atoms with Crippen LogP contribution in [0.5, 0.6) is 0 Å². The molecule has 4 atom stereocenters. The van der Waals surface area contributed by atoms with E-state index in [1.54, 1.807) is 21.0 Å². The highest BCUT2D eigenvalue weighted by atomic mass is 28.4. The van der Waals surface area contributed by atoms with Gasteiger partial charge in [-0.25, -0.2) is 0 Å². The standard InChI is InChI=1S/C26H38O6Si/c1-24(2,3)33(20-14-10-8-11-15-20,21-16-12-9-13-17-21)30-19-23-22(18-27)31-25(4,28-6)26(5,29-7)32-23/h8-17,22-23,27H,18-19H2,1-7H3/t22-,23+,25-,26-/m1/s1. The first-order chi connectivity index (χ1) is 15.6. The number of benzene rings is 2. The van der Waals surface area contributed by atoms with Gasteiger partial charge in [-0.1, -0.05) is 81.4 Å². The molecule has 1 heterocycles. The van der Waals surface area contributed by atoms with Crippen LogP contribution >= 0.6 is 0 Å². The van der Waals surface area contributed by atoms with E-state index in [1.165, 1.54) is 17.5 Å². The largest absolute Gasteiger partial charge is 0.405 e. The van der Waals surface area contributed by atoms with Crippen molar-refractivity contribution in [1.29, 1.82) is 0 Å². The molecule has 0 saturated carbocycles. The van der Waals surface area contributed by atoms with Crippen molar-refractivity contribution in [3.8, 4) is 0 Å². The lowest BCUT2D eigenvalue weighted by molar-refractivity contribution is -0.451. The highest BCUT2D eigenvalue weighted by Crippen LogP contribution is 2.41. The molecule has 1 aliphatic heterocycles. The summed E-state index contributed by atoms with van der Waals surface area (Å²) in [4.78, 5) is 0. The first-order valence-corrected chi connectivity index (χ1v) is 13.3. The Labute approximate surface area is 198 Å². The van der Waals surface area contributed by atoms with Gasteiger partial charge < -0.3 is 28.5 Å². The zero-order valence-corrected chi connectivity index (χ0v) is 21.8. The summed E-state index contributed by atoms with van der Waals surface area (Å²) >= 11 is 0. The highest BCUT2D eigenvalue weighted by molar-refractivity contribution is 6.99. The molecular formula is C26H38O6Si. The summed E-state index contributed by atoms with van der Waals surface area (Å²) in [5.41, 5.74) is 0.